The van der Waals surface area contributed by atoms with Gasteiger partial charge in [0.05, 0.1) is 13.2 Å². The summed E-state index contributed by atoms with van der Waals surface area (Å²) < 4.78 is 5.42. The zero-order valence-corrected chi connectivity index (χ0v) is 13.6. The molecule has 0 bridgehead atoms. The molecule has 0 unspecified atom stereocenters. The first-order valence-electron chi connectivity index (χ1n) is 8.32. The molecule has 0 aromatic carbocycles. The highest BCUT2D eigenvalue weighted by Crippen LogP contribution is 2.43. The van der Waals surface area contributed by atoms with Gasteiger partial charge in [-0.15, -0.1) is 0 Å². The molecule has 1 saturated carbocycles. The van der Waals surface area contributed by atoms with Gasteiger partial charge in [-0.25, -0.2) is 10.4 Å². The Bertz CT molecular complexity index is 292. The number of nitrogens with one attached hydrogen (secondary N) is 1. The van der Waals surface area contributed by atoms with Gasteiger partial charge < -0.3 is 10.5 Å². The quantitative estimate of drug-likeness (QED) is 0.812. The number of morpholine rings is 1. The molecule has 4 heteroatoms. The van der Waals surface area contributed by atoms with Gasteiger partial charge in [-0.1, -0.05) is 27.2 Å². The van der Waals surface area contributed by atoms with Gasteiger partial charge in [0.2, 0.25) is 0 Å². The largest absolute Gasteiger partial charge is 0.379 e. The lowest BCUT2D eigenvalue weighted by atomic mass is 9.65. The third-order valence-corrected chi connectivity index (χ3v) is 5.76. The normalized spacial score (nSPS) is 33.3. The molecule has 4 nitrogen and oxygen atoms in total. The summed E-state index contributed by atoms with van der Waals surface area (Å²) in [7, 11) is 0. The van der Waals surface area contributed by atoms with E-state index in [4.69, 9.17) is 10.5 Å². The molecule has 2 fully saturated rings. The van der Waals surface area contributed by atoms with Gasteiger partial charge in [0.25, 0.3) is 0 Å². The molecule has 0 aromatic rings. The predicted molar refractivity (Wildman–Crippen MR) is 83.3 cm³/mol. The Hall–Kier alpha value is -0.160. The van der Waals surface area contributed by atoms with Crippen molar-refractivity contribution in [3.8, 4) is 0 Å². The van der Waals surface area contributed by atoms with Crippen molar-refractivity contribution in [2.75, 3.05) is 32.8 Å². The molecule has 0 atom stereocenters. The van der Waals surface area contributed by atoms with Crippen LogP contribution in [0.4, 0.5) is 0 Å². The Balaban J connectivity index is 1.90. The van der Waals surface area contributed by atoms with Crippen LogP contribution in [0.5, 0.6) is 0 Å². The van der Waals surface area contributed by atoms with Crippen molar-refractivity contribution in [3.63, 3.8) is 0 Å². The van der Waals surface area contributed by atoms with Gasteiger partial charge in [0.1, 0.15) is 0 Å². The highest BCUT2D eigenvalue weighted by molar-refractivity contribution is 4.96. The third kappa shape index (κ3) is 3.73. The van der Waals surface area contributed by atoms with E-state index in [1.54, 1.807) is 0 Å². The SMILES string of the molecule is CCC(C)(C)C1CCC(CN)(NN2CCOCC2)CC1. The topological polar surface area (TPSA) is 50.5 Å². The molecule has 0 radical (unpaired) electrons. The van der Waals surface area contributed by atoms with Crippen LogP contribution in [0.1, 0.15) is 52.9 Å². The van der Waals surface area contributed by atoms with Gasteiger partial charge >= 0.3 is 0 Å². The molecule has 1 heterocycles. The molecule has 1 aliphatic heterocycles. The molecular weight excluding hydrogens is 250 g/mol. The van der Waals surface area contributed by atoms with Crippen molar-refractivity contribution in [1.29, 1.82) is 0 Å². The maximum atomic E-state index is 6.12. The van der Waals surface area contributed by atoms with E-state index in [1.165, 1.54) is 32.1 Å². The van der Waals surface area contributed by atoms with Crippen molar-refractivity contribution in [1.82, 2.24) is 10.4 Å². The first-order valence-corrected chi connectivity index (χ1v) is 8.32. The summed E-state index contributed by atoms with van der Waals surface area (Å²) in [5.41, 5.74) is 10.5. The molecule has 118 valence electrons. The molecule has 2 aliphatic rings. The number of rotatable bonds is 5. The maximum absolute atomic E-state index is 6.12. The predicted octanol–water partition coefficient (Wildman–Crippen LogP) is 2.15. The van der Waals surface area contributed by atoms with Crippen LogP contribution in [0.2, 0.25) is 0 Å². The number of hydrogen-bond donors (Lipinski definition) is 2. The lowest BCUT2D eigenvalue weighted by Gasteiger charge is -2.47. The second-order valence-electron chi connectivity index (χ2n) is 7.31. The highest BCUT2D eigenvalue weighted by atomic mass is 16.5. The fourth-order valence-corrected chi connectivity index (χ4v) is 3.61. The molecule has 0 amide bonds. The van der Waals surface area contributed by atoms with Gasteiger partial charge in [0, 0.05) is 25.2 Å². The summed E-state index contributed by atoms with van der Waals surface area (Å²) in [6, 6.07) is 0. The molecular formula is C16H33N3O. The van der Waals surface area contributed by atoms with E-state index in [0.29, 0.717) is 5.41 Å². The van der Waals surface area contributed by atoms with E-state index in [-0.39, 0.29) is 5.54 Å². The number of nitrogens with zero attached hydrogens (tertiary/aromatic N) is 1. The number of hydrogen-bond acceptors (Lipinski definition) is 4. The maximum Gasteiger partial charge on any atom is 0.0608 e. The van der Waals surface area contributed by atoms with E-state index < -0.39 is 0 Å². The van der Waals surface area contributed by atoms with Crippen molar-refractivity contribution in [3.05, 3.63) is 0 Å². The molecule has 3 N–H and O–H groups in total. The average molecular weight is 283 g/mol. The highest BCUT2D eigenvalue weighted by Gasteiger charge is 2.39. The average Bonchev–Trinajstić information content (AvgIpc) is 2.49. The fourth-order valence-electron chi connectivity index (χ4n) is 3.61. The van der Waals surface area contributed by atoms with E-state index in [9.17, 15) is 0 Å². The minimum atomic E-state index is 0.123. The smallest absolute Gasteiger partial charge is 0.0608 e. The van der Waals surface area contributed by atoms with Crippen LogP contribution in [0.3, 0.4) is 0 Å². The first kappa shape index (κ1) is 16.2. The van der Waals surface area contributed by atoms with Crippen molar-refractivity contribution < 1.29 is 4.74 Å². The van der Waals surface area contributed by atoms with Crippen LogP contribution in [0.15, 0.2) is 0 Å². The van der Waals surface area contributed by atoms with Gasteiger partial charge in [-0.05, 0) is 37.0 Å². The van der Waals surface area contributed by atoms with Gasteiger partial charge in [-0.2, -0.15) is 0 Å². The monoisotopic (exact) mass is 283 g/mol. The third-order valence-electron chi connectivity index (χ3n) is 5.76. The summed E-state index contributed by atoms with van der Waals surface area (Å²) in [5, 5.41) is 2.32. The summed E-state index contributed by atoms with van der Waals surface area (Å²) >= 11 is 0. The zero-order valence-electron chi connectivity index (χ0n) is 13.6. The van der Waals surface area contributed by atoms with Crippen LogP contribution >= 0.6 is 0 Å². The van der Waals surface area contributed by atoms with E-state index in [0.717, 1.165) is 38.8 Å². The minimum absolute atomic E-state index is 0.123. The Labute approximate surface area is 124 Å². The van der Waals surface area contributed by atoms with Crippen LogP contribution in [0, 0.1) is 11.3 Å². The Morgan fingerprint density at radius 2 is 1.85 bits per heavy atom. The van der Waals surface area contributed by atoms with Crippen molar-refractivity contribution >= 4 is 0 Å². The summed E-state index contributed by atoms with van der Waals surface area (Å²) in [6.07, 6.45) is 6.28. The minimum Gasteiger partial charge on any atom is -0.379 e. The number of hydrazine groups is 1. The van der Waals surface area contributed by atoms with Crippen LogP contribution in [0.25, 0.3) is 0 Å². The van der Waals surface area contributed by atoms with E-state index in [1.807, 2.05) is 0 Å². The van der Waals surface area contributed by atoms with Crippen LogP contribution in [-0.2, 0) is 4.74 Å². The second-order valence-corrected chi connectivity index (χ2v) is 7.31. The molecule has 2 rings (SSSR count). The Morgan fingerprint density at radius 3 is 2.35 bits per heavy atom. The van der Waals surface area contributed by atoms with Crippen LogP contribution < -0.4 is 11.2 Å². The fraction of sp³-hybridized carbons (Fsp3) is 1.00. The summed E-state index contributed by atoms with van der Waals surface area (Å²) in [5.74, 6) is 0.846. The van der Waals surface area contributed by atoms with Gasteiger partial charge in [0.15, 0.2) is 0 Å². The lowest BCUT2D eigenvalue weighted by Crippen LogP contribution is -2.62. The Kier molecular flexibility index (Phi) is 5.46. The standard InChI is InChI=1S/C16H33N3O/c1-4-15(2,3)14-5-7-16(13-17,8-6-14)18-19-9-11-20-12-10-19/h14,18H,4-13,17H2,1-3H3. The number of nitrogens with two attached hydrogens (primary N) is 1. The second kappa shape index (κ2) is 6.73. The van der Waals surface area contributed by atoms with Crippen molar-refractivity contribution in [2.24, 2.45) is 17.1 Å². The molecule has 20 heavy (non-hydrogen) atoms. The molecule has 0 aromatic heterocycles. The number of ether oxygens (including phenoxy) is 1. The lowest BCUT2D eigenvalue weighted by molar-refractivity contribution is -0.0263. The van der Waals surface area contributed by atoms with E-state index in [2.05, 4.69) is 31.2 Å². The Morgan fingerprint density at radius 1 is 1.25 bits per heavy atom. The summed E-state index contributed by atoms with van der Waals surface area (Å²) in [4.78, 5) is 0. The molecule has 0 spiro atoms. The molecule has 1 saturated heterocycles. The summed E-state index contributed by atoms with van der Waals surface area (Å²) in [6.45, 7) is 11.5. The van der Waals surface area contributed by atoms with Crippen LogP contribution in [-0.4, -0.2) is 43.4 Å². The van der Waals surface area contributed by atoms with Gasteiger partial charge in [-0.3, -0.25) is 0 Å². The van der Waals surface area contributed by atoms with E-state index >= 15 is 0 Å². The van der Waals surface area contributed by atoms with Crippen molar-refractivity contribution in [2.45, 2.75) is 58.4 Å². The zero-order chi connectivity index (χ0) is 14.6. The molecule has 1 aliphatic carbocycles. The first-order chi connectivity index (χ1) is 9.51.